The lowest BCUT2D eigenvalue weighted by Gasteiger charge is -2.15. The van der Waals surface area contributed by atoms with Gasteiger partial charge in [0.15, 0.2) is 0 Å². The van der Waals surface area contributed by atoms with Gasteiger partial charge in [-0.25, -0.2) is 9.97 Å². The molecule has 0 amide bonds. The number of aromatic nitrogens is 2. The predicted octanol–water partition coefficient (Wildman–Crippen LogP) is 5.05. The molecule has 1 heterocycles. The summed E-state index contributed by atoms with van der Waals surface area (Å²) in [4.78, 5) is 9.41. The Hall–Kier alpha value is -1.61. The SMILES string of the molecule is CCCNc1nc(C(C)C)nc(-c2ccc(Cl)cc2)c1C. The van der Waals surface area contributed by atoms with Gasteiger partial charge in [0, 0.05) is 28.6 Å². The van der Waals surface area contributed by atoms with Gasteiger partial charge in [-0.1, -0.05) is 44.5 Å². The fourth-order valence-corrected chi connectivity index (χ4v) is 2.22. The molecule has 0 atom stereocenters. The van der Waals surface area contributed by atoms with Gasteiger partial charge in [-0.15, -0.1) is 0 Å². The number of hydrogen-bond donors (Lipinski definition) is 1. The third-order valence-electron chi connectivity index (χ3n) is 3.34. The molecule has 2 aromatic rings. The van der Waals surface area contributed by atoms with Gasteiger partial charge in [0.1, 0.15) is 11.6 Å². The molecule has 0 fully saturated rings. The molecule has 0 aliphatic heterocycles. The maximum absolute atomic E-state index is 5.98. The van der Waals surface area contributed by atoms with Crippen LogP contribution >= 0.6 is 11.6 Å². The van der Waals surface area contributed by atoms with Gasteiger partial charge < -0.3 is 5.32 Å². The first-order chi connectivity index (χ1) is 10.0. The monoisotopic (exact) mass is 303 g/mol. The Morgan fingerprint density at radius 3 is 2.38 bits per heavy atom. The summed E-state index contributed by atoms with van der Waals surface area (Å²) in [5.41, 5.74) is 3.12. The maximum Gasteiger partial charge on any atom is 0.133 e. The summed E-state index contributed by atoms with van der Waals surface area (Å²) in [6, 6.07) is 7.80. The second-order valence-corrected chi connectivity index (χ2v) is 5.93. The highest BCUT2D eigenvalue weighted by molar-refractivity contribution is 6.30. The fraction of sp³-hybridized carbons (Fsp3) is 0.412. The van der Waals surface area contributed by atoms with Crippen molar-refractivity contribution in [2.24, 2.45) is 0 Å². The summed E-state index contributed by atoms with van der Waals surface area (Å²) in [5, 5.41) is 4.14. The quantitative estimate of drug-likeness (QED) is 0.840. The van der Waals surface area contributed by atoms with E-state index >= 15 is 0 Å². The molecule has 3 nitrogen and oxygen atoms in total. The lowest BCUT2D eigenvalue weighted by atomic mass is 10.1. The van der Waals surface area contributed by atoms with Crippen LogP contribution in [0.2, 0.25) is 5.02 Å². The lowest BCUT2D eigenvalue weighted by Crippen LogP contribution is -2.09. The van der Waals surface area contributed by atoms with E-state index in [0.717, 1.165) is 46.5 Å². The van der Waals surface area contributed by atoms with Gasteiger partial charge in [0.2, 0.25) is 0 Å². The molecule has 0 saturated carbocycles. The van der Waals surface area contributed by atoms with Crippen LogP contribution in [0.15, 0.2) is 24.3 Å². The molecule has 1 aromatic carbocycles. The minimum atomic E-state index is 0.291. The normalized spacial score (nSPS) is 11.0. The highest BCUT2D eigenvalue weighted by atomic mass is 35.5. The van der Waals surface area contributed by atoms with E-state index in [4.69, 9.17) is 16.6 Å². The van der Waals surface area contributed by atoms with Crippen molar-refractivity contribution in [3.63, 3.8) is 0 Å². The zero-order valence-corrected chi connectivity index (χ0v) is 13.8. The molecule has 0 aliphatic rings. The van der Waals surface area contributed by atoms with Gasteiger partial charge in [-0.05, 0) is 25.5 Å². The summed E-state index contributed by atoms with van der Waals surface area (Å²) in [7, 11) is 0. The van der Waals surface area contributed by atoms with E-state index in [1.165, 1.54) is 0 Å². The van der Waals surface area contributed by atoms with E-state index in [2.05, 4.69) is 38.0 Å². The molecule has 0 spiro atoms. The molecule has 0 bridgehead atoms. The molecule has 1 aromatic heterocycles. The third-order valence-corrected chi connectivity index (χ3v) is 3.59. The van der Waals surface area contributed by atoms with Gasteiger partial charge >= 0.3 is 0 Å². The van der Waals surface area contributed by atoms with Crippen molar-refractivity contribution in [3.05, 3.63) is 40.7 Å². The van der Waals surface area contributed by atoms with Gasteiger partial charge in [0.05, 0.1) is 5.69 Å². The second-order valence-electron chi connectivity index (χ2n) is 5.49. The number of nitrogens with one attached hydrogen (secondary N) is 1. The predicted molar refractivity (Wildman–Crippen MR) is 90.1 cm³/mol. The molecule has 112 valence electrons. The number of halogens is 1. The third kappa shape index (κ3) is 3.73. The summed E-state index contributed by atoms with van der Waals surface area (Å²) < 4.78 is 0. The highest BCUT2D eigenvalue weighted by Crippen LogP contribution is 2.28. The largest absolute Gasteiger partial charge is 0.370 e. The van der Waals surface area contributed by atoms with Crippen LogP contribution in [0.4, 0.5) is 5.82 Å². The molecule has 2 rings (SSSR count). The molecule has 0 radical (unpaired) electrons. The average molecular weight is 304 g/mol. The molecule has 0 aliphatic carbocycles. The molecule has 0 saturated heterocycles. The second kappa shape index (κ2) is 6.90. The van der Waals surface area contributed by atoms with E-state index in [-0.39, 0.29) is 0 Å². The number of nitrogens with zero attached hydrogens (tertiary/aromatic N) is 2. The van der Waals surface area contributed by atoms with Crippen LogP contribution in [-0.4, -0.2) is 16.5 Å². The van der Waals surface area contributed by atoms with Crippen molar-refractivity contribution in [3.8, 4) is 11.3 Å². The van der Waals surface area contributed by atoms with Crippen LogP contribution < -0.4 is 5.32 Å². The number of anilines is 1. The smallest absolute Gasteiger partial charge is 0.133 e. The van der Waals surface area contributed by atoms with Gasteiger partial charge in [0.25, 0.3) is 0 Å². The first kappa shape index (κ1) is 15.8. The first-order valence-corrected chi connectivity index (χ1v) is 7.79. The Kier molecular flexibility index (Phi) is 5.18. The van der Waals surface area contributed by atoms with E-state index in [1.807, 2.05) is 24.3 Å². The minimum Gasteiger partial charge on any atom is -0.370 e. The van der Waals surface area contributed by atoms with E-state index in [9.17, 15) is 0 Å². The van der Waals surface area contributed by atoms with Gasteiger partial charge in [-0.2, -0.15) is 0 Å². The van der Waals surface area contributed by atoms with Crippen molar-refractivity contribution < 1.29 is 0 Å². The van der Waals surface area contributed by atoms with Crippen LogP contribution in [0.3, 0.4) is 0 Å². The summed E-state index contributed by atoms with van der Waals surface area (Å²) in [6.45, 7) is 9.34. The first-order valence-electron chi connectivity index (χ1n) is 7.41. The summed E-state index contributed by atoms with van der Waals surface area (Å²) >= 11 is 5.98. The van der Waals surface area contributed by atoms with E-state index < -0.39 is 0 Å². The number of hydrogen-bond acceptors (Lipinski definition) is 3. The summed E-state index contributed by atoms with van der Waals surface area (Å²) in [6.07, 6.45) is 1.07. The van der Waals surface area contributed by atoms with Gasteiger partial charge in [-0.3, -0.25) is 0 Å². The Bertz CT molecular complexity index is 606. The van der Waals surface area contributed by atoms with Crippen LogP contribution in [0.1, 0.15) is 44.5 Å². The minimum absolute atomic E-state index is 0.291. The van der Waals surface area contributed by atoms with Crippen molar-refractivity contribution in [2.75, 3.05) is 11.9 Å². The Labute approximate surface area is 131 Å². The van der Waals surface area contributed by atoms with Crippen LogP contribution in [0.5, 0.6) is 0 Å². The molecule has 0 unspecified atom stereocenters. The van der Waals surface area contributed by atoms with Crippen molar-refractivity contribution in [1.82, 2.24) is 9.97 Å². The van der Waals surface area contributed by atoms with Crippen LogP contribution in [-0.2, 0) is 0 Å². The Morgan fingerprint density at radius 2 is 1.81 bits per heavy atom. The topological polar surface area (TPSA) is 37.8 Å². The molecule has 21 heavy (non-hydrogen) atoms. The van der Waals surface area contributed by atoms with E-state index in [1.54, 1.807) is 0 Å². The number of rotatable bonds is 5. The summed E-state index contributed by atoms with van der Waals surface area (Å²) in [5.74, 6) is 2.09. The molecular weight excluding hydrogens is 282 g/mol. The standard InChI is InChI=1S/C17H22ClN3/c1-5-10-19-17-12(4)15(20-16(21-17)11(2)3)13-6-8-14(18)9-7-13/h6-9,11H,5,10H2,1-4H3,(H,19,20,21). The molecule has 1 N–H and O–H groups in total. The number of benzene rings is 1. The maximum atomic E-state index is 5.98. The van der Waals surface area contributed by atoms with Crippen molar-refractivity contribution in [2.45, 2.75) is 40.0 Å². The Balaban J connectivity index is 2.52. The van der Waals surface area contributed by atoms with E-state index in [0.29, 0.717) is 5.92 Å². The lowest BCUT2D eigenvalue weighted by molar-refractivity contribution is 0.772. The van der Waals surface area contributed by atoms with Crippen molar-refractivity contribution in [1.29, 1.82) is 0 Å². The fourth-order valence-electron chi connectivity index (χ4n) is 2.10. The highest BCUT2D eigenvalue weighted by Gasteiger charge is 2.14. The van der Waals surface area contributed by atoms with Crippen LogP contribution in [0, 0.1) is 6.92 Å². The Morgan fingerprint density at radius 1 is 1.14 bits per heavy atom. The zero-order valence-electron chi connectivity index (χ0n) is 13.1. The van der Waals surface area contributed by atoms with Crippen LogP contribution in [0.25, 0.3) is 11.3 Å². The zero-order chi connectivity index (χ0) is 15.4. The average Bonchev–Trinajstić information content (AvgIpc) is 2.47. The molecular formula is C17H22ClN3. The molecule has 4 heteroatoms. The van der Waals surface area contributed by atoms with Crippen molar-refractivity contribution >= 4 is 17.4 Å².